The number of hydrogen-bond donors (Lipinski definition) is 0. The molecule has 0 aliphatic carbocycles. The van der Waals surface area contributed by atoms with Gasteiger partial charge in [-0.3, -0.25) is 0 Å². The van der Waals surface area contributed by atoms with E-state index in [0.717, 1.165) is 22.4 Å². The molecular formula is C18H19NO2. The van der Waals surface area contributed by atoms with Crippen LogP contribution < -0.4 is 4.74 Å². The quantitative estimate of drug-likeness (QED) is 0.853. The van der Waals surface area contributed by atoms with Crippen LogP contribution in [0.3, 0.4) is 0 Å². The van der Waals surface area contributed by atoms with Gasteiger partial charge in [-0.1, -0.05) is 36.4 Å². The van der Waals surface area contributed by atoms with Gasteiger partial charge in [-0.15, -0.1) is 0 Å². The first-order valence-electron chi connectivity index (χ1n) is 7.05. The standard InChI is InChI=1S/C18H19NO2/c1-18(2)12-21-17(19-18)15-10-9-14(11-16(15)20-3)13-7-5-4-6-8-13/h4-11H,12H2,1-3H3. The Labute approximate surface area is 125 Å². The van der Waals surface area contributed by atoms with Crippen molar-refractivity contribution in [2.45, 2.75) is 19.4 Å². The lowest BCUT2D eigenvalue weighted by atomic mass is 10.0. The van der Waals surface area contributed by atoms with E-state index in [0.29, 0.717) is 12.5 Å². The first-order chi connectivity index (χ1) is 10.1. The summed E-state index contributed by atoms with van der Waals surface area (Å²) in [6.45, 7) is 4.72. The molecule has 3 nitrogen and oxygen atoms in total. The Morgan fingerprint density at radius 3 is 2.43 bits per heavy atom. The van der Waals surface area contributed by atoms with Gasteiger partial charge in [0.05, 0.1) is 18.2 Å². The molecule has 0 fully saturated rings. The molecule has 3 heteroatoms. The first kappa shape index (κ1) is 13.7. The second-order valence-electron chi connectivity index (χ2n) is 5.80. The van der Waals surface area contributed by atoms with Crippen LogP contribution in [0.1, 0.15) is 19.4 Å². The maximum atomic E-state index is 5.71. The minimum absolute atomic E-state index is 0.168. The summed E-state index contributed by atoms with van der Waals surface area (Å²) in [6.07, 6.45) is 0. The van der Waals surface area contributed by atoms with Gasteiger partial charge < -0.3 is 9.47 Å². The van der Waals surface area contributed by atoms with Crippen molar-refractivity contribution in [2.24, 2.45) is 4.99 Å². The highest BCUT2D eigenvalue weighted by atomic mass is 16.5. The molecule has 0 saturated heterocycles. The van der Waals surface area contributed by atoms with Crippen molar-refractivity contribution in [1.29, 1.82) is 0 Å². The summed E-state index contributed by atoms with van der Waals surface area (Å²) in [4.78, 5) is 4.62. The van der Waals surface area contributed by atoms with Crippen LogP contribution in [0.5, 0.6) is 5.75 Å². The van der Waals surface area contributed by atoms with Gasteiger partial charge in [0, 0.05) is 0 Å². The molecular weight excluding hydrogens is 262 g/mol. The van der Waals surface area contributed by atoms with E-state index >= 15 is 0 Å². The summed E-state index contributed by atoms with van der Waals surface area (Å²) in [5.41, 5.74) is 3.02. The van der Waals surface area contributed by atoms with Gasteiger partial charge in [0.2, 0.25) is 5.90 Å². The third-order valence-electron chi connectivity index (χ3n) is 3.51. The fraction of sp³-hybridized carbons (Fsp3) is 0.278. The van der Waals surface area contributed by atoms with Crippen LogP contribution in [0, 0.1) is 0 Å². The minimum Gasteiger partial charge on any atom is -0.496 e. The first-order valence-corrected chi connectivity index (χ1v) is 7.05. The molecule has 0 radical (unpaired) electrons. The average molecular weight is 281 g/mol. The van der Waals surface area contributed by atoms with E-state index in [1.54, 1.807) is 7.11 Å². The van der Waals surface area contributed by atoms with Crippen LogP contribution in [-0.4, -0.2) is 25.2 Å². The molecule has 0 unspecified atom stereocenters. The van der Waals surface area contributed by atoms with Crippen molar-refractivity contribution >= 4 is 5.90 Å². The highest BCUT2D eigenvalue weighted by Gasteiger charge is 2.28. The van der Waals surface area contributed by atoms with Crippen molar-refractivity contribution in [1.82, 2.24) is 0 Å². The number of nitrogens with zero attached hydrogens (tertiary/aromatic N) is 1. The van der Waals surface area contributed by atoms with Crippen molar-refractivity contribution in [3.63, 3.8) is 0 Å². The number of benzene rings is 2. The fourth-order valence-corrected chi connectivity index (χ4v) is 2.40. The van der Waals surface area contributed by atoms with Crippen molar-refractivity contribution in [3.8, 4) is 16.9 Å². The lowest BCUT2D eigenvalue weighted by Crippen LogP contribution is -2.17. The molecule has 0 N–H and O–H groups in total. The second kappa shape index (κ2) is 5.24. The van der Waals surface area contributed by atoms with Crippen molar-refractivity contribution in [3.05, 3.63) is 54.1 Å². The summed E-state index contributed by atoms with van der Waals surface area (Å²) in [6, 6.07) is 16.4. The van der Waals surface area contributed by atoms with Crippen LogP contribution in [0.2, 0.25) is 0 Å². The van der Waals surface area contributed by atoms with Crippen molar-refractivity contribution < 1.29 is 9.47 Å². The molecule has 1 aliphatic rings. The van der Waals surface area contributed by atoms with Crippen LogP contribution >= 0.6 is 0 Å². The van der Waals surface area contributed by atoms with E-state index in [-0.39, 0.29) is 5.54 Å². The largest absolute Gasteiger partial charge is 0.496 e. The summed E-state index contributed by atoms with van der Waals surface area (Å²) in [7, 11) is 1.67. The number of methoxy groups -OCH3 is 1. The zero-order valence-electron chi connectivity index (χ0n) is 12.6. The zero-order chi connectivity index (χ0) is 14.9. The van der Waals surface area contributed by atoms with Crippen LogP contribution in [0.15, 0.2) is 53.5 Å². The van der Waals surface area contributed by atoms with E-state index in [4.69, 9.17) is 9.47 Å². The molecule has 108 valence electrons. The SMILES string of the molecule is COc1cc(-c2ccccc2)ccc1C1=NC(C)(C)CO1. The summed E-state index contributed by atoms with van der Waals surface area (Å²) >= 11 is 0. The normalized spacial score (nSPS) is 16.2. The number of ether oxygens (including phenoxy) is 2. The predicted octanol–water partition coefficient (Wildman–Crippen LogP) is 3.92. The summed E-state index contributed by atoms with van der Waals surface area (Å²) in [5, 5.41) is 0. The third kappa shape index (κ3) is 2.77. The molecule has 0 saturated carbocycles. The van der Waals surface area contributed by atoms with Gasteiger partial charge in [-0.2, -0.15) is 0 Å². The van der Waals surface area contributed by atoms with Gasteiger partial charge >= 0.3 is 0 Å². The topological polar surface area (TPSA) is 30.8 Å². The molecule has 0 spiro atoms. The molecule has 2 aromatic rings. The molecule has 3 rings (SSSR count). The van der Waals surface area contributed by atoms with E-state index in [2.05, 4.69) is 37.0 Å². The van der Waals surface area contributed by atoms with Gasteiger partial charge in [-0.25, -0.2) is 4.99 Å². The Hall–Kier alpha value is -2.29. The summed E-state index contributed by atoms with van der Waals surface area (Å²) < 4.78 is 11.2. The summed E-state index contributed by atoms with van der Waals surface area (Å²) in [5.74, 6) is 1.45. The van der Waals surface area contributed by atoms with E-state index < -0.39 is 0 Å². The van der Waals surface area contributed by atoms with Gasteiger partial charge in [0.25, 0.3) is 0 Å². The number of hydrogen-bond acceptors (Lipinski definition) is 3. The number of aliphatic imine (C=N–C) groups is 1. The Bertz CT molecular complexity index is 675. The molecule has 21 heavy (non-hydrogen) atoms. The van der Waals surface area contributed by atoms with Crippen LogP contribution in [0.4, 0.5) is 0 Å². The molecule has 0 amide bonds. The fourth-order valence-electron chi connectivity index (χ4n) is 2.40. The number of rotatable bonds is 3. The minimum atomic E-state index is -0.168. The maximum Gasteiger partial charge on any atom is 0.220 e. The van der Waals surface area contributed by atoms with E-state index in [1.807, 2.05) is 30.3 Å². The third-order valence-corrected chi connectivity index (χ3v) is 3.51. The monoisotopic (exact) mass is 281 g/mol. The molecule has 0 bridgehead atoms. The Morgan fingerprint density at radius 1 is 1.05 bits per heavy atom. The van der Waals surface area contributed by atoms with Gasteiger partial charge in [-0.05, 0) is 37.1 Å². The second-order valence-corrected chi connectivity index (χ2v) is 5.80. The Kier molecular flexibility index (Phi) is 3.42. The molecule has 1 heterocycles. The molecule has 2 aromatic carbocycles. The highest BCUT2D eigenvalue weighted by molar-refractivity contribution is 5.98. The highest BCUT2D eigenvalue weighted by Crippen LogP contribution is 2.30. The smallest absolute Gasteiger partial charge is 0.220 e. The van der Waals surface area contributed by atoms with Crippen molar-refractivity contribution in [2.75, 3.05) is 13.7 Å². The zero-order valence-corrected chi connectivity index (χ0v) is 12.6. The van der Waals surface area contributed by atoms with Crippen LogP contribution in [0.25, 0.3) is 11.1 Å². The average Bonchev–Trinajstić information content (AvgIpc) is 2.87. The van der Waals surface area contributed by atoms with Gasteiger partial charge in [0.15, 0.2) is 0 Å². The molecule has 0 atom stereocenters. The Balaban J connectivity index is 2.01. The van der Waals surface area contributed by atoms with E-state index in [9.17, 15) is 0 Å². The maximum absolute atomic E-state index is 5.71. The molecule has 1 aliphatic heterocycles. The molecule has 0 aromatic heterocycles. The van der Waals surface area contributed by atoms with Crippen LogP contribution in [-0.2, 0) is 4.74 Å². The Morgan fingerprint density at radius 2 is 1.81 bits per heavy atom. The predicted molar refractivity (Wildman–Crippen MR) is 85.0 cm³/mol. The van der Waals surface area contributed by atoms with E-state index in [1.165, 1.54) is 0 Å². The van der Waals surface area contributed by atoms with Gasteiger partial charge in [0.1, 0.15) is 12.4 Å². The lowest BCUT2D eigenvalue weighted by molar-refractivity contribution is 0.278. The lowest BCUT2D eigenvalue weighted by Gasteiger charge is -2.10.